The van der Waals surface area contributed by atoms with Crippen molar-refractivity contribution in [2.75, 3.05) is 26.2 Å². The van der Waals surface area contributed by atoms with Crippen LogP contribution in [-0.2, 0) is 14.8 Å². The Morgan fingerprint density at radius 1 is 1.36 bits per heavy atom. The van der Waals surface area contributed by atoms with Gasteiger partial charge >= 0.3 is 0 Å². The molecule has 0 amide bonds. The average molecular weight is 391 g/mol. The Morgan fingerprint density at radius 2 is 2.05 bits per heavy atom. The van der Waals surface area contributed by atoms with Gasteiger partial charge in [0.25, 0.3) is 0 Å². The van der Waals surface area contributed by atoms with E-state index in [1.807, 2.05) is 13.0 Å². The molecule has 1 aliphatic heterocycles. The number of nitrogens with zero attached hydrogens (tertiary/aromatic N) is 1. The summed E-state index contributed by atoms with van der Waals surface area (Å²) in [4.78, 5) is 0.379. The van der Waals surface area contributed by atoms with Crippen LogP contribution >= 0.6 is 15.9 Å². The Kier molecular flexibility index (Phi) is 6.40. The summed E-state index contributed by atoms with van der Waals surface area (Å²) in [5.41, 5.74) is 6.20. The van der Waals surface area contributed by atoms with Gasteiger partial charge in [-0.3, -0.25) is 0 Å². The van der Waals surface area contributed by atoms with Crippen molar-refractivity contribution in [2.24, 2.45) is 5.73 Å². The minimum absolute atomic E-state index is 0.140. The first-order valence-electron chi connectivity index (χ1n) is 7.53. The molecule has 5 nitrogen and oxygen atoms in total. The lowest BCUT2D eigenvalue weighted by Gasteiger charge is -2.31. The number of benzene rings is 1. The van der Waals surface area contributed by atoms with Crippen molar-refractivity contribution < 1.29 is 13.2 Å². The quantitative estimate of drug-likeness (QED) is 0.756. The third-order valence-corrected chi connectivity index (χ3v) is 6.84. The van der Waals surface area contributed by atoms with Gasteiger partial charge in [0.2, 0.25) is 10.0 Å². The molecule has 0 unspecified atom stereocenters. The van der Waals surface area contributed by atoms with Crippen LogP contribution in [0, 0.1) is 6.92 Å². The monoisotopic (exact) mass is 390 g/mol. The van der Waals surface area contributed by atoms with Gasteiger partial charge in [-0.05, 0) is 50.4 Å². The van der Waals surface area contributed by atoms with Crippen molar-refractivity contribution in [3.8, 4) is 0 Å². The summed E-state index contributed by atoms with van der Waals surface area (Å²) in [5.74, 6) is 0. The molecule has 0 saturated carbocycles. The normalized spacial score (nSPS) is 17.8. The molecule has 2 rings (SSSR count). The van der Waals surface area contributed by atoms with E-state index < -0.39 is 10.0 Å². The number of nitrogens with two attached hydrogens (primary N) is 1. The highest BCUT2D eigenvalue weighted by molar-refractivity contribution is 9.10. The molecule has 1 fully saturated rings. The van der Waals surface area contributed by atoms with Gasteiger partial charge in [0.05, 0.1) is 11.0 Å². The fourth-order valence-electron chi connectivity index (χ4n) is 2.58. The lowest BCUT2D eigenvalue weighted by molar-refractivity contribution is 0.0209. The number of hydrogen-bond acceptors (Lipinski definition) is 4. The second-order valence-electron chi connectivity index (χ2n) is 5.48. The Hall–Kier alpha value is -0.470. The third-order valence-electron chi connectivity index (χ3n) is 3.94. The SMILES string of the molecule is Cc1c(Br)cccc1S(=O)(=O)N1CCC(OCCCN)CC1. The van der Waals surface area contributed by atoms with E-state index in [0.29, 0.717) is 31.1 Å². The van der Waals surface area contributed by atoms with Crippen LogP contribution in [0.25, 0.3) is 0 Å². The lowest BCUT2D eigenvalue weighted by Crippen LogP contribution is -2.41. The van der Waals surface area contributed by atoms with Gasteiger partial charge in [0, 0.05) is 24.2 Å². The minimum atomic E-state index is -3.44. The number of hydrogen-bond donors (Lipinski definition) is 1. The van der Waals surface area contributed by atoms with Crippen LogP contribution in [0.4, 0.5) is 0 Å². The number of sulfonamides is 1. The van der Waals surface area contributed by atoms with Crippen LogP contribution in [0.1, 0.15) is 24.8 Å². The smallest absolute Gasteiger partial charge is 0.243 e. The maximum absolute atomic E-state index is 12.8. The molecule has 7 heteroatoms. The molecule has 2 N–H and O–H groups in total. The molecule has 22 heavy (non-hydrogen) atoms. The minimum Gasteiger partial charge on any atom is -0.378 e. The van der Waals surface area contributed by atoms with E-state index in [9.17, 15) is 8.42 Å². The number of rotatable bonds is 6. The van der Waals surface area contributed by atoms with Crippen LogP contribution in [0.15, 0.2) is 27.6 Å². The van der Waals surface area contributed by atoms with E-state index in [4.69, 9.17) is 10.5 Å². The Bertz CT molecular complexity index is 599. The van der Waals surface area contributed by atoms with Crippen LogP contribution in [0.5, 0.6) is 0 Å². The third kappa shape index (κ3) is 4.08. The fourth-order valence-corrected chi connectivity index (χ4v) is 4.79. The first-order valence-corrected chi connectivity index (χ1v) is 9.77. The largest absolute Gasteiger partial charge is 0.378 e. The summed E-state index contributed by atoms with van der Waals surface area (Å²) in [6.07, 6.45) is 2.45. The Morgan fingerprint density at radius 3 is 2.68 bits per heavy atom. The lowest BCUT2D eigenvalue weighted by atomic mass is 10.1. The highest BCUT2D eigenvalue weighted by Crippen LogP contribution is 2.28. The van der Waals surface area contributed by atoms with Crippen molar-refractivity contribution in [1.82, 2.24) is 4.31 Å². The molecule has 1 aromatic rings. The van der Waals surface area contributed by atoms with Crippen molar-refractivity contribution in [2.45, 2.75) is 37.2 Å². The number of ether oxygens (including phenoxy) is 1. The molecule has 124 valence electrons. The Labute approximate surface area is 141 Å². The van der Waals surface area contributed by atoms with E-state index in [2.05, 4.69) is 15.9 Å². The highest BCUT2D eigenvalue weighted by Gasteiger charge is 2.30. The summed E-state index contributed by atoms with van der Waals surface area (Å²) in [6.45, 7) is 4.09. The zero-order valence-electron chi connectivity index (χ0n) is 12.8. The molecular formula is C15H23BrN2O3S. The molecular weight excluding hydrogens is 368 g/mol. The topological polar surface area (TPSA) is 72.6 Å². The summed E-state index contributed by atoms with van der Waals surface area (Å²) in [6, 6.07) is 5.28. The molecule has 0 spiro atoms. The summed E-state index contributed by atoms with van der Waals surface area (Å²) >= 11 is 3.39. The zero-order valence-corrected chi connectivity index (χ0v) is 15.2. The molecule has 0 aliphatic carbocycles. The second kappa shape index (κ2) is 7.88. The highest BCUT2D eigenvalue weighted by atomic mass is 79.9. The second-order valence-corrected chi connectivity index (χ2v) is 8.24. The summed E-state index contributed by atoms with van der Waals surface area (Å²) in [7, 11) is -3.44. The average Bonchev–Trinajstić information content (AvgIpc) is 2.50. The molecule has 0 bridgehead atoms. The molecule has 1 aromatic carbocycles. The molecule has 1 saturated heterocycles. The van der Waals surface area contributed by atoms with E-state index in [1.54, 1.807) is 16.4 Å². The number of halogens is 1. The van der Waals surface area contributed by atoms with Gasteiger partial charge in [-0.1, -0.05) is 22.0 Å². The first kappa shape index (κ1) is 17.9. The van der Waals surface area contributed by atoms with Crippen LogP contribution in [0.3, 0.4) is 0 Å². The van der Waals surface area contributed by atoms with E-state index in [1.165, 1.54) is 0 Å². The van der Waals surface area contributed by atoms with Gasteiger partial charge in [-0.2, -0.15) is 4.31 Å². The summed E-state index contributed by atoms with van der Waals surface area (Å²) < 4.78 is 33.6. The molecule has 0 radical (unpaired) electrons. The summed E-state index contributed by atoms with van der Waals surface area (Å²) in [5, 5.41) is 0. The fraction of sp³-hybridized carbons (Fsp3) is 0.600. The van der Waals surface area contributed by atoms with Gasteiger partial charge in [-0.15, -0.1) is 0 Å². The Balaban J connectivity index is 2.02. The van der Waals surface area contributed by atoms with Gasteiger partial charge < -0.3 is 10.5 Å². The van der Waals surface area contributed by atoms with E-state index in [0.717, 1.165) is 29.3 Å². The molecule has 0 atom stereocenters. The van der Waals surface area contributed by atoms with Gasteiger partial charge in [0.1, 0.15) is 0 Å². The van der Waals surface area contributed by atoms with E-state index in [-0.39, 0.29) is 6.10 Å². The van der Waals surface area contributed by atoms with Crippen LogP contribution in [0.2, 0.25) is 0 Å². The van der Waals surface area contributed by atoms with Gasteiger partial charge in [0.15, 0.2) is 0 Å². The predicted molar refractivity (Wildman–Crippen MR) is 90.3 cm³/mol. The standard InChI is InChI=1S/C15H23BrN2O3S/c1-12-14(16)4-2-5-15(12)22(19,20)18-9-6-13(7-10-18)21-11-3-8-17/h2,4-5,13H,3,6-11,17H2,1H3. The maximum Gasteiger partial charge on any atom is 0.243 e. The van der Waals surface area contributed by atoms with Crippen LogP contribution in [-0.4, -0.2) is 45.1 Å². The van der Waals surface area contributed by atoms with Crippen molar-refractivity contribution in [3.63, 3.8) is 0 Å². The number of piperidine rings is 1. The first-order chi connectivity index (χ1) is 10.5. The van der Waals surface area contributed by atoms with Gasteiger partial charge in [-0.25, -0.2) is 8.42 Å². The molecule has 1 heterocycles. The van der Waals surface area contributed by atoms with E-state index >= 15 is 0 Å². The van der Waals surface area contributed by atoms with Crippen molar-refractivity contribution in [3.05, 3.63) is 28.2 Å². The predicted octanol–water partition coefficient (Wildman–Crippen LogP) is 2.28. The van der Waals surface area contributed by atoms with Crippen molar-refractivity contribution >= 4 is 26.0 Å². The van der Waals surface area contributed by atoms with Crippen molar-refractivity contribution in [1.29, 1.82) is 0 Å². The maximum atomic E-state index is 12.8. The molecule has 0 aromatic heterocycles. The zero-order chi connectivity index (χ0) is 16.2. The van der Waals surface area contributed by atoms with Crippen LogP contribution < -0.4 is 5.73 Å². The molecule has 1 aliphatic rings.